The van der Waals surface area contributed by atoms with Gasteiger partial charge in [0.05, 0.1) is 29.9 Å². The molecule has 12 heteroatoms. The second-order valence-corrected chi connectivity index (χ2v) is 14.2. The molecule has 1 aromatic carbocycles. The minimum Gasteiger partial charge on any atom is -0.509 e. The highest BCUT2D eigenvalue weighted by Gasteiger charge is 2.50. The van der Waals surface area contributed by atoms with Crippen molar-refractivity contribution < 1.29 is 27.4 Å². The molecule has 0 saturated heterocycles. The first kappa shape index (κ1) is 25.7. The molecule has 3 aliphatic rings. The number of sulfonamides is 1. The number of fused-ring (bicyclic) bond motifs is 1. The van der Waals surface area contributed by atoms with Crippen LogP contribution >= 0.6 is 7.52 Å². The van der Waals surface area contributed by atoms with Crippen molar-refractivity contribution >= 4 is 46.0 Å². The van der Waals surface area contributed by atoms with Gasteiger partial charge in [0.2, 0.25) is 10.0 Å². The van der Waals surface area contributed by atoms with Gasteiger partial charge in [-0.15, -0.1) is 0 Å². The summed E-state index contributed by atoms with van der Waals surface area (Å²) in [4.78, 5) is 15.3. The van der Waals surface area contributed by atoms with E-state index in [1.165, 1.54) is 12.1 Å². The van der Waals surface area contributed by atoms with Crippen LogP contribution in [0.5, 0.6) is 0 Å². The van der Waals surface area contributed by atoms with Gasteiger partial charge in [-0.2, -0.15) is 4.76 Å². The number of nitrogens with one attached hydrogen (secondary N) is 2. The van der Waals surface area contributed by atoms with E-state index >= 15 is 0 Å². The lowest BCUT2D eigenvalue weighted by Gasteiger charge is -2.29. The molecule has 3 N–H and O–H groups in total. The summed E-state index contributed by atoms with van der Waals surface area (Å²) in [6, 6.07) is 4.06. The summed E-state index contributed by atoms with van der Waals surface area (Å²) in [5, 5.41) is 14.4. The number of aliphatic hydroxyl groups excluding tert-OH is 1. The Morgan fingerprint density at radius 1 is 1.31 bits per heavy atom. The number of benzene rings is 1. The molecule has 1 amide bonds. The minimum absolute atomic E-state index is 0.00418. The predicted octanol–water partition coefficient (Wildman–Crippen LogP) is 3.61. The maximum Gasteiger partial charge on any atom is 0.348 e. The maximum absolute atomic E-state index is 13.9. The fourth-order valence-corrected chi connectivity index (χ4v) is 6.72. The van der Waals surface area contributed by atoms with Crippen molar-refractivity contribution in [3.05, 3.63) is 29.5 Å². The van der Waals surface area contributed by atoms with Crippen LogP contribution in [0.2, 0.25) is 0 Å². The highest BCUT2D eigenvalue weighted by molar-refractivity contribution is 7.92. The number of carbonyl (C=O) groups is 1. The Balaban J connectivity index is 1.73. The SMILES string of the molecule is CCOP1(=O)N=C(C2=C(O)[C@H](C3CC3)N(CCC(C)(C)C)C2=O)Nc2ccc(NS(C)(=O)=O)cc21. The van der Waals surface area contributed by atoms with E-state index in [-0.39, 0.29) is 52.0 Å². The van der Waals surface area contributed by atoms with Crippen molar-refractivity contribution in [2.45, 2.75) is 53.0 Å². The highest BCUT2D eigenvalue weighted by atomic mass is 32.2. The molecule has 1 unspecified atom stereocenters. The van der Waals surface area contributed by atoms with Crippen molar-refractivity contribution in [2.75, 3.05) is 29.4 Å². The monoisotopic (exact) mass is 524 g/mol. The molecule has 10 nitrogen and oxygen atoms in total. The van der Waals surface area contributed by atoms with Gasteiger partial charge in [-0.25, -0.2) is 8.42 Å². The summed E-state index contributed by atoms with van der Waals surface area (Å²) < 4.78 is 49.4. The van der Waals surface area contributed by atoms with Crippen LogP contribution in [0, 0.1) is 11.3 Å². The Hall–Kier alpha value is -2.36. The molecule has 0 bridgehead atoms. The van der Waals surface area contributed by atoms with E-state index in [4.69, 9.17) is 4.52 Å². The zero-order chi connectivity index (χ0) is 25.8. The number of nitrogens with zero attached hydrogens (tertiary/aromatic N) is 2. The van der Waals surface area contributed by atoms with Gasteiger partial charge in [-0.05, 0) is 55.7 Å². The number of anilines is 2. The highest BCUT2D eigenvalue weighted by Crippen LogP contribution is 2.53. The van der Waals surface area contributed by atoms with Crippen LogP contribution in [-0.2, 0) is 23.9 Å². The summed E-state index contributed by atoms with van der Waals surface area (Å²) in [5.41, 5.74) is 0.608. The second-order valence-electron chi connectivity index (χ2n) is 10.5. The van der Waals surface area contributed by atoms with Crippen molar-refractivity contribution in [3.8, 4) is 0 Å². The van der Waals surface area contributed by atoms with E-state index in [0.29, 0.717) is 12.2 Å². The molecule has 2 heterocycles. The fraction of sp³-hybridized carbons (Fsp3) is 0.565. The lowest BCUT2D eigenvalue weighted by molar-refractivity contribution is -0.127. The summed E-state index contributed by atoms with van der Waals surface area (Å²) in [6.45, 7) is 8.54. The van der Waals surface area contributed by atoms with E-state index in [1.54, 1.807) is 17.9 Å². The van der Waals surface area contributed by atoms with Crippen molar-refractivity contribution in [3.63, 3.8) is 0 Å². The molecule has 2 aliphatic heterocycles. The van der Waals surface area contributed by atoms with E-state index in [1.807, 2.05) is 0 Å². The van der Waals surface area contributed by atoms with Crippen LogP contribution in [0.3, 0.4) is 0 Å². The summed E-state index contributed by atoms with van der Waals surface area (Å²) in [7, 11) is -7.42. The van der Waals surface area contributed by atoms with Crippen molar-refractivity contribution in [1.82, 2.24) is 4.90 Å². The zero-order valence-corrected chi connectivity index (χ0v) is 22.4. The molecule has 192 valence electrons. The number of rotatable bonds is 8. The third-order valence-electron chi connectivity index (χ3n) is 6.15. The molecule has 1 aromatic rings. The van der Waals surface area contributed by atoms with E-state index < -0.39 is 23.6 Å². The van der Waals surface area contributed by atoms with Crippen LogP contribution in [0.1, 0.15) is 47.0 Å². The molecule has 4 rings (SSSR count). The van der Waals surface area contributed by atoms with Gasteiger partial charge < -0.3 is 19.8 Å². The van der Waals surface area contributed by atoms with Crippen LogP contribution < -0.4 is 15.3 Å². The molecule has 0 spiro atoms. The van der Waals surface area contributed by atoms with Gasteiger partial charge in [-0.3, -0.25) is 14.1 Å². The van der Waals surface area contributed by atoms with Crippen molar-refractivity contribution in [1.29, 1.82) is 0 Å². The van der Waals surface area contributed by atoms with E-state index in [9.17, 15) is 22.9 Å². The summed E-state index contributed by atoms with van der Waals surface area (Å²) in [5.74, 6) is -0.211. The Bertz CT molecular complexity index is 1260. The van der Waals surface area contributed by atoms with Gasteiger partial charge in [-0.1, -0.05) is 20.8 Å². The Morgan fingerprint density at radius 2 is 2.00 bits per heavy atom. The third kappa shape index (κ3) is 5.42. The largest absolute Gasteiger partial charge is 0.509 e. The summed E-state index contributed by atoms with van der Waals surface area (Å²) >= 11 is 0. The average molecular weight is 525 g/mol. The first-order valence-electron chi connectivity index (χ1n) is 11.7. The molecular weight excluding hydrogens is 491 g/mol. The Labute approximate surface area is 206 Å². The molecule has 0 aromatic heterocycles. The fourth-order valence-electron chi connectivity index (χ4n) is 4.36. The Morgan fingerprint density at radius 3 is 2.57 bits per heavy atom. The van der Waals surface area contributed by atoms with Gasteiger partial charge in [0, 0.05) is 12.2 Å². The number of carbonyl (C=O) groups excluding carboxylic acids is 1. The number of amides is 1. The lowest BCUT2D eigenvalue weighted by atomic mass is 9.92. The number of aliphatic hydroxyl groups is 1. The quantitative estimate of drug-likeness (QED) is 0.442. The van der Waals surface area contributed by atoms with E-state index in [0.717, 1.165) is 25.5 Å². The first-order chi connectivity index (χ1) is 16.2. The summed E-state index contributed by atoms with van der Waals surface area (Å²) in [6.07, 6.45) is 3.64. The number of hydrogen-bond acceptors (Lipinski definition) is 7. The van der Waals surface area contributed by atoms with Crippen LogP contribution in [-0.4, -0.2) is 55.6 Å². The molecule has 35 heavy (non-hydrogen) atoms. The molecule has 1 saturated carbocycles. The molecule has 1 fully saturated rings. The standard InChI is InChI=1S/C23H33N4O6PS/c1-6-33-34(30)17-13-15(26-35(5,31)32)9-10-16(17)24-21(25-34)18-20(28)19(14-7-8-14)27(22(18)29)12-11-23(2,3)4/h9-10,13-14,19,26,28H,6-8,11-12H2,1-5H3,(H,24,25,30)/t19-,34?/m0/s1. The van der Waals surface area contributed by atoms with Gasteiger partial charge in [0.1, 0.15) is 11.3 Å². The van der Waals surface area contributed by atoms with Gasteiger partial charge in [0.15, 0.2) is 5.84 Å². The van der Waals surface area contributed by atoms with Crippen molar-refractivity contribution in [2.24, 2.45) is 16.1 Å². The number of hydrogen-bond donors (Lipinski definition) is 3. The van der Waals surface area contributed by atoms with Gasteiger partial charge in [0.25, 0.3) is 5.91 Å². The smallest absolute Gasteiger partial charge is 0.348 e. The normalized spacial score (nSPS) is 24.8. The average Bonchev–Trinajstić information content (AvgIpc) is 3.51. The van der Waals surface area contributed by atoms with Gasteiger partial charge >= 0.3 is 7.52 Å². The predicted molar refractivity (Wildman–Crippen MR) is 137 cm³/mol. The minimum atomic E-state index is -3.87. The molecular formula is C23H33N4O6PS. The topological polar surface area (TPSA) is 137 Å². The third-order valence-corrected chi connectivity index (χ3v) is 8.81. The number of amidine groups is 1. The first-order valence-corrected chi connectivity index (χ1v) is 15.2. The van der Waals surface area contributed by atoms with Crippen LogP contribution in [0.4, 0.5) is 11.4 Å². The molecule has 2 atom stereocenters. The molecule has 0 radical (unpaired) electrons. The molecule has 1 aliphatic carbocycles. The Kier molecular flexibility index (Phi) is 6.57. The maximum atomic E-state index is 13.9. The second kappa shape index (κ2) is 8.94. The lowest BCUT2D eigenvalue weighted by Crippen LogP contribution is -2.40. The van der Waals surface area contributed by atoms with E-state index in [2.05, 4.69) is 35.6 Å². The van der Waals surface area contributed by atoms with Crippen LogP contribution in [0.15, 0.2) is 34.3 Å². The zero-order valence-electron chi connectivity index (χ0n) is 20.7. The van der Waals surface area contributed by atoms with Crippen LogP contribution in [0.25, 0.3) is 0 Å².